The van der Waals surface area contributed by atoms with Crippen LogP contribution in [0, 0.1) is 11.3 Å². The summed E-state index contributed by atoms with van der Waals surface area (Å²) in [7, 11) is 3.06. The topological polar surface area (TPSA) is 137 Å². The number of imide groups is 1. The van der Waals surface area contributed by atoms with Crippen molar-refractivity contribution in [2.45, 2.75) is 19.3 Å². The molecule has 6 rings (SSSR count). The maximum absolute atomic E-state index is 12.9. The lowest BCUT2D eigenvalue weighted by Gasteiger charge is -2.34. The number of ether oxygens (including phenoxy) is 3. The third-order valence-corrected chi connectivity index (χ3v) is 12.0. The zero-order chi connectivity index (χ0) is 36.1. The van der Waals surface area contributed by atoms with Gasteiger partial charge >= 0.3 is 0 Å². The van der Waals surface area contributed by atoms with E-state index >= 15 is 0 Å². The Hall–Kier alpha value is -3.87. The number of methoxy groups -OCH3 is 2. The van der Waals surface area contributed by atoms with E-state index in [0.29, 0.717) is 97.5 Å². The summed E-state index contributed by atoms with van der Waals surface area (Å²) in [5.74, 6) is 2.72. The maximum Gasteiger partial charge on any atom is 0.268 e. The number of piperazine rings is 1. The van der Waals surface area contributed by atoms with Gasteiger partial charge in [-0.05, 0) is 25.0 Å². The van der Waals surface area contributed by atoms with Crippen molar-refractivity contribution in [1.82, 2.24) is 19.7 Å². The number of halogens is 2. The summed E-state index contributed by atoms with van der Waals surface area (Å²) in [6, 6.07) is 8.98. The van der Waals surface area contributed by atoms with Crippen molar-refractivity contribution in [3.63, 3.8) is 0 Å². The first-order valence-corrected chi connectivity index (χ1v) is 19.1. The van der Waals surface area contributed by atoms with E-state index in [1.54, 1.807) is 31.4 Å². The molecule has 0 aliphatic carbocycles. The predicted octanol–water partition coefficient (Wildman–Crippen LogP) is 5.93. The Kier molecular flexibility index (Phi) is 12.0. The van der Waals surface area contributed by atoms with Crippen LogP contribution in [-0.4, -0.2) is 109 Å². The molecule has 3 amide bonds. The number of rotatable bonds is 13. The molecule has 268 valence electrons. The van der Waals surface area contributed by atoms with E-state index in [-0.39, 0.29) is 24.3 Å². The third-order valence-electron chi connectivity index (χ3n) is 8.81. The molecule has 0 unspecified atom stereocenters. The Labute approximate surface area is 314 Å². The van der Waals surface area contributed by atoms with Gasteiger partial charge in [0.2, 0.25) is 5.91 Å². The minimum Gasteiger partial charge on any atom is -0.495 e. The molecule has 1 aromatic heterocycles. The Bertz CT molecular complexity index is 1900. The molecule has 0 spiro atoms. The molecule has 16 heteroatoms. The first-order chi connectivity index (χ1) is 24.7. The Morgan fingerprint density at radius 1 is 0.922 bits per heavy atom. The molecular formula is C35H36Cl2N6O6S2. The number of amides is 3. The van der Waals surface area contributed by atoms with Crippen molar-refractivity contribution in [2.24, 2.45) is 0 Å². The number of benzene rings is 2. The van der Waals surface area contributed by atoms with Gasteiger partial charge in [-0.15, -0.1) is 23.5 Å². The standard InChI is InChI=1S/C35H36Cl2N6O6S2/c1-47-27-18-26(23(36)16-24(27)37)40-31-21(19-38)20-39-25-17-29(28(48-2)15-22(25)31)49-12-4-6-41-8-10-42(11-9-41)30(44)5-3-7-43-34(45)32-33(35(43)46)51-14-13-50-32/h15-18,20H,3-14H2,1-2H3,(H,39,40). The van der Waals surface area contributed by atoms with E-state index in [4.69, 9.17) is 37.4 Å². The van der Waals surface area contributed by atoms with Crippen LogP contribution in [0.1, 0.15) is 24.8 Å². The highest BCUT2D eigenvalue weighted by atomic mass is 35.5. The summed E-state index contributed by atoms with van der Waals surface area (Å²) in [6.07, 6.45) is 3.01. The summed E-state index contributed by atoms with van der Waals surface area (Å²) < 4.78 is 17.1. The molecule has 2 aromatic carbocycles. The van der Waals surface area contributed by atoms with Crippen molar-refractivity contribution < 1.29 is 28.6 Å². The van der Waals surface area contributed by atoms with E-state index in [0.717, 1.165) is 37.6 Å². The molecule has 3 aliphatic heterocycles. The number of carbonyl (C=O) groups is 3. The first kappa shape index (κ1) is 36.9. The number of nitrogens with zero attached hydrogens (tertiary/aromatic N) is 5. The number of thioether (sulfide) groups is 2. The van der Waals surface area contributed by atoms with Crippen LogP contribution in [0.25, 0.3) is 10.9 Å². The van der Waals surface area contributed by atoms with Crippen molar-refractivity contribution in [3.05, 3.63) is 55.9 Å². The van der Waals surface area contributed by atoms with Crippen LogP contribution in [0.15, 0.2) is 40.3 Å². The zero-order valence-electron chi connectivity index (χ0n) is 28.1. The highest BCUT2D eigenvalue weighted by Crippen LogP contribution is 2.42. The van der Waals surface area contributed by atoms with E-state index in [1.807, 2.05) is 4.90 Å². The van der Waals surface area contributed by atoms with E-state index in [1.165, 1.54) is 41.7 Å². The molecule has 3 aromatic rings. The molecule has 0 radical (unpaired) electrons. The van der Waals surface area contributed by atoms with Crippen molar-refractivity contribution >= 4 is 86.7 Å². The third kappa shape index (κ3) is 8.13. The van der Waals surface area contributed by atoms with Gasteiger partial charge in [0.1, 0.15) is 11.8 Å². The summed E-state index contributed by atoms with van der Waals surface area (Å²) in [5.41, 5.74) is 1.92. The number of pyridine rings is 1. The average Bonchev–Trinajstić information content (AvgIpc) is 3.39. The summed E-state index contributed by atoms with van der Waals surface area (Å²) >= 11 is 15.6. The fourth-order valence-electron chi connectivity index (χ4n) is 6.12. The lowest BCUT2D eigenvalue weighted by atomic mass is 10.1. The minimum absolute atomic E-state index is 0.0480. The molecule has 1 saturated heterocycles. The number of nitrogens with one attached hydrogen (secondary N) is 1. The van der Waals surface area contributed by atoms with Crippen molar-refractivity contribution in [1.29, 1.82) is 5.26 Å². The van der Waals surface area contributed by atoms with Crippen molar-refractivity contribution in [2.75, 3.05) is 76.9 Å². The normalized spacial score (nSPS) is 16.4. The van der Waals surface area contributed by atoms with Crippen LogP contribution < -0.4 is 19.5 Å². The average molecular weight is 772 g/mol. The molecule has 51 heavy (non-hydrogen) atoms. The van der Waals surface area contributed by atoms with Gasteiger partial charge in [0.25, 0.3) is 11.8 Å². The van der Waals surface area contributed by atoms with Gasteiger partial charge in [-0.2, -0.15) is 5.26 Å². The second-order valence-electron chi connectivity index (χ2n) is 11.9. The lowest BCUT2D eigenvalue weighted by Crippen LogP contribution is -2.49. The first-order valence-electron chi connectivity index (χ1n) is 16.4. The van der Waals surface area contributed by atoms with Crippen LogP contribution in [0.3, 0.4) is 0 Å². The maximum atomic E-state index is 12.9. The summed E-state index contributed by atoms with van der Waals surface area (Å²) in [5, 5.41) is 14.5. The number of fused-ring (bicyclic) bond motifs is 1. The van der Waals surface area contributed by atoms with Crippen LogP contribution in [0.5, 0.6) is 17.2 Å². The number of carbonyl (C=O) groups excluding carboxylic acids is 3. The number of hydrogen-bond donors (Lipinski definition) is 1. The fourth-order valence-corrected chi connectivity index (χ4v) is 8.96. The Balaban J connectivity index is 0.982. The summed E-state index contributed by atoms with van der Waals surface area (Å²) in [6.45, 7) is 4.27. The van der Waals surface area contributed by atoms with Gasteiger partial charge in [0.05, 0.1) is 63.1 Å². The van der Waals surface area contributed by atoms with E-state index in [9.17, 15) is 19.6 Å². The molecular weight excluding hydrogens is 735 g/mol. The molecule has 4 heterocycles. The zero-order valence-corrected chi connectivity index (χ0v) is 31.3. The molecule has 1 fully saturated rings. The smallest absolute Gasteiger partial charge is 0.268 e. The van der Waals surface area contributed by atoms with E-state index < -0.39 is 0 Å². The Morgan fingerprint density at radius 3 is 2.29 bits per heavy atom. The van der Waals surface area contributed by atoms with Gasteiger partial charge in [-0.3, -0.25) is 29.2 Å². The van der Waals surface area contributed by atoms with Crippen LogP contribution in [0.2, 0.25) is 10.0 Å². The molecule has 0 atom stereocenters. The fraction of sp³-hybridized carbons (Fsp3) is 0.400. The second-order valence-corrected chi connectivity index (χ2v) is 14.9. The van der Waals surface area contributed by atoms with Crippen LogP contribution in [0.4, 0.5) is 11.4 Å². The van der Waals surface area contributed by atoms with E-state index in [2.05, 4.69) is 21.3 Å². The molecule has 3 aliphatic rings. The predicted molar refractivity (Wildman–Crippen MR) is 200 cm³/mol. The minimum atomic E-state index is -0.216. The lowest BCUT2D eigenvalue weighted by molar-refractivity contribution is -0.138. The summed E-state index contributed by atoms with van der Waals surface area (Å²) in [4.78, 5) is 49.2. The highest BCUT2D eigenvalue weighted by Gasteiger charge is 2.40. The van der Waals surface area contributed by atoms with Crippen LogP contribution >= 0.6 is 46.7 Å². The molecule has 0 saturated carbocycles. The molecule has 1 N–H and O–H groups in total. The monoisotopic (exact) mass is 770 g/mol. The highest BCUT2D eigenvalue weighted by molar-refractivity contribution is 8.11. The van der Waals surface area contributed by atoms with Gasteiger partial charge in [-0.1, -0.05) is 23.2 Å². The number of nitriles is 1. The van der Waals surface area contributed by atoms with Crippen LogP contribution in [-0.2, 0) is 14.4 Å². The number of anilines is 2. The SMILES string of the molecule is COc1cc(Nc2c(C#N)cnc3cc(OCCCN4CCN(C(=O)CCCN5C(=O)C6=C(SCCS6)C5=O)CC4)c(OC)cc23)c(Cl)cc1Cl. The van der Waals surface area contributed by atoms with Gasteiger partial charge in [0, 0.05) is 80.9 Å². The quantitative estimate of drug-likeness (QED) is 0.163. The molecule has 0 bridgehead atoms. The van der Waals surface area contributed by atoms with Crippen molar-refractivity contribution in [3.8, 4) is 23.3 Å². The van der Waals surface area contributed by atoms with Gasteiger partial charge in [0.15, 0.2) is 11.5 Å². The second kappa shape index (κ2) is 16.6. The Morgan fingerprint density at radius 2 is 1.63 bits per heavy atom. The number of aromatic nitrogens is 1. The van der Waals surface area contributed by atoms with Gasteiger partial charge < -0.3 is 24.4 Å². The largest absolute Gasteiger partial charge is 0.495 e. The molecule has 12 nitrogen and oxygen atoms in total. The van der Waals surface area contributed by atoms with Gasteiger partial charge in [-0.25, -0.2) is 0 Å². The number of hydrogen-bond acceptors (Lipinski definition) is 12.